The minimum atomic E-state index is -0.346. The fraction of sp³-hybridized carbons (Fsp3) is 0.417. The van der Waals surface area contributed by atoms with Crippen LogP contribution in [0.4, 0.5) is 4.39 Å². The Morgan fingerprint density at radius 1 is 1.00 bits per heavy atom. The zero-order valence-electron chi connectivity index (χ0n) is 17.3. The number of carbonyl (C=O) groups excluding carboxylic acids is 2. The molecule has 2 heterocycles. The summed E-state index contributed by atoms with van der Waals surface area (Å²) in [6.07, 6.45) is 0.910. The van der Waals surface area contributed by atoms with Crippen LogP contribution in [0.2, 0.25) is 0 Å². The van der Waals surface area contributed by atoms with Crippen molar-refractivity contribution < 1.29 is 14.0 Å². The highest BCUT2D eigenvalue weighted by Crippen LogP contribution is 2.37. The van der Waals surface area contributed by atoms with Gasteiger partial charge in [-0.05, 0) is 29.7 Å². The van der Waals surface area contributed by atoms with E-state index in [4.69, 9.17) is 0 Å². The fourth-order valence-electron chi connectivity index (χ4n) is 4.62. The summed E-state index contributed by atoms with van der Waals surface area (Å²) in [5.74, 6) is -0.483. The lowest BCUT2D eigenvalue weighted by Gasteiger charge is -2.42. The summed E-state index contributed by atoms with van der Waals surface area (Å²) in [6, 6.07) is 16.2. The van der Waals surface area contributed by atoms with Crippen molar-refractivity contribution in [2.24, 2.45) is 5.92 Å². The second kappa shape index (κ2) is 8.96. The summed E-state index contributed by atoms with van der Waals surface area (Å²) in [4.78, 5) is 31.7. The van der Waals surface area contributed by atoms with Gasteiger partial charge in [0.2, 0.25) is 11.8 Å². The monoisotopic (exact) mass is 409 g/mol. The third-order valence-corrected chi connectivity index (χ3v) is 6.32. The Balaban J connectivity index is 1.43. The van der Waals surface area contributed by atoms with Crippen molar-refractivity contribution in [2.45, 2.75) is 25.4 Å². The molecule has 0 aromatic heterocycles. The van der Waals surface area contributed by atoms with Gasteiger partial charge >= 0.3 is 0 Å². The standard InChI is InChI=1S/C24H28FN3O2/c1-26-22(29)12-11-21(23(26)19-7-9-20(25)10-8-19)24(30)28-15-13-27(14-16-28)17-18-5-3-2-4-6-18/h2-10,21,23H,11-17H2,1H3/t21-,23+/m0/s1. The van der Waals surface area contributed by atoms with E-state index in [0.717, 1.165) is 25.2 Å². The van der Waals surface area contributed by atoms with E-state index in [9.17, 15) is 14.0 Å². The van der Waals surface area contributed by atoms with Crippen molar-refractivity contribution >= 4 is 11.8 Å². The van der Waals surface area contributed by atoms with Gasteiger partial charge in [0.15, 0.2) is 0 Å². The summed E-state index contributed by atoms with van der Waals surface area (Å²) in [5.41, 5.74) is 2.09. The van der Waals surface area contributed by atoms with Gasteiger partial charge in [-0.1, -0.05) is 42.5 Å². The maximum atomic E-state index is 13.4. The van der Waals surface area contributed by atoms with Gasteiger partial charge in [0, 0.05) is 46.2 Å². The SMILES string of the molecule is CN1C(=O)CC[C@H](C(=O)N2CCN(Cc3ccccc3)CC2)[C@H]1c1ccc(F)cc1. The third-order valence-electron chi connectivity index (χ3n) is 6.32. The normalized spacial score (nSPS) is 22.9. The van der Waals surface area contributed by atoms with Gasteiger partial charge in [0.05, 0.1) is 12.0 Å². The number of carbonyl (C=O) groups is 2. The molecular formula is C24H28FN3O2. The molecule has 158 valence electrons. The van der Waals surface area contributed by atoms with Crippen LogP contribution in [0.1, 0.15) is 30.0 Å². The van der Waals surface area contributed by atoms with E-state index in [-0.39, 0.29) is 29.6 Å². The molecule has 4 rings (SSSR count). The van der Waals surface area contributed by atoms with Crippen LogP contribution < -0.4 is 0 Å². The van der Waals surface area contributed by atoms with E-state index < -0.39 is 0 Å². The van der Waals surface area contributed by atoms with E-state index in [1.165, 1.54) is 17.7 Å². The molecule has 0 aliphatic carbocycles. The predicted molar refractivity (Wildman–Crippen MR) is 113 cm³/mol. The van der Waals surface area contributed by atoms with Crippen molar-refractivity contribution in [1.82, 2.24) is 14.7 Å². The van der Waals surface area contributed by atoms with Gasteiger partial charge in [-0.2, -0.15) is 0 Å². The highest BCUT2D eigenvalue weighted by Gasteiger charge is 2.41. The molecular weight excluding hydrogens is 381 g/mol. The molecule has 6 heteroatoms. The largest absolute Gasteiger partial charge is 0.340 e. The molecule has 0 radical (unpaired) electrons. The molecule has 2 amide bonds. The van der Waals surface area contributed by atoms with E-state index in [2.05, 4.69) is 17.0 Å². The van der Waals surface area contributed by atoms with Gasteiger partial charge in [-0.15, -0.1) is 0 Å². The van der Waals surface area contributed by atoms with Crippen molar-refractivity contribution in [3.63, 3.8) is 0 Å². The van der Waals surface area contributed by atoms with Crippen LogP contribution in [0.5, 0.6) is 0 Å². The first kappa shape index (κ1) is 20.5. The van der Waals surface area contributed by atoms with Gasteiger partial charge < -0.3 is 9.80 Å². The Bertz CT molecular complexity index is 879. The number of likely N-dealkylation sites (tertiary alicyclic amines) is 1. The number of hydrogen-bond donors (Lipinski definition) is 0. The average molecular weight is 410 g/mol. The number of amides is 2. The first-order valence-electron chi connectivity index (χ1n) is 10.6. The molecule has 30 heavy (non-hydrogen) atoms. The molecule has 2 atom stereocenters. The Labute approximate surface area is 177 Å². The lowest BCUT2D eigenvalue weighted by molar-refractivity contribution is -0.147. The van der Waals surface area contributed by atoms with Crippen molar-refractivity contribution in [1.29, 1.82) is 0 Å². The Hall–Kier alpha value is -2.73. The summed E-state index contributed by atoms with van der Waals surface area (Å²) in [5, 5.41) is 0. The van der Waals surface area contributed by atoms with Crippen molar-refractivity contribution in [3.05, 3.63) is 71.5 Å². The number of benzene rings is 2. The minimum absolute atomic E-state index is 0.0288. The van der Waals surface area contributed by atoms with Gasteiger partial charge in [0.1, 0.15) is 5.82 Å². The fourth-order valence-corrected chi connectivity index (χ4v) is 4.62. The minimum Gasteiger partial charge on any atom is -0.340 e. The van der Waals surface area contributed by atoms with E-state index in [1.54, 1.807) is 24.1 Å². The predicted octanol–water partition coefficient (Wildman–Crippen LogP) is 3.08. The Morgan fingerprint density at radius 3 is 2.33 bits per heavy atom. The second-order valence-electron chi connectivity index (χ2n) is 8.23. The molecule has 0 spiro atoms. The molecule has 2 fully saturated rings. The maximum absolute atomic E-state index is 13.4. The second-order valence-corrected chi connectivity index (χ2v) is 8.23. The quantitative estimate of drug-likeness (QED) is 0.780. The first-order valence-corrected chi connectivity index (χ1v) is 10.6. The maximum Gasteiger partial charge on any atom is 0.228 e. The zero-order valence-corrected chi connectivity index (χ0v) is 17.3. The molecule has 0 N–H and O–H groups in total. The molecule has 2 aromatic rings. The highest BCUT2D eigenvalue weighted by molar-refractivity contribution is 5.85. The third kappa shape index (κ3) is 4.38. The smallest absolute Gasteiger partial charge is 0.228 e. The molecule has 2 saturated heterocycles. The molecule has 0 bridgehead atoms. The zero-order chi connectivity index (χ0) is 21.1. The molecule has 2 aliphatic rings. The van der Waals surface area contributed by atoms with E-state index in [0.29, 0.717) is 25.9 Å². The number of piperazine rings is 1. The molecule has 5 nitrogen and oxygen atoms in total. The molecule has 0 saturated carbocycles. The number of nitrogens with zero attached hydrogens (tertiary/aromatic N) is 3. The molecule has 2 aromatic carbocycles. The van der Waals surface area contributed by atoms with Crippen LogP contribution in [0, 0.1) is 11.7 Å². The molecule has 0 unspecified atom stereocenters. The summed E-state index contributed by atoms with van der Waals surface area (Å²) >= 11 is 0. The van der Waals surface area contributed by atoms with E-state index in [1.807, 2.05) is 23.1 Å². The van der Waals surface area contributed by atoms with Crippen LogP contribution in [-0.4, -0.2) is 59.7 Å². The van der Waals surface area contributed by atoms with Crippen LogP contribution in [0.15, 0.2) is 54.6 Å². The molecule has 2 aliphatic heterocycles. The van der Waals surface area contributed by atoms with E-state index >= 15 is 0 Å². The number of halogens is 1. The average Bonchev–Trinajstić information content (AvgIpc) is 2.77. The van der Waals surface area contributed by atoms with Gasteiger partial charge in [0.25, 0.3) is 0 Å². The van der Waals surface area contributed by atoms with Crippen LogP contribution >= 0.6 is 0 Å². The lowest BCUT2D eigenvalue weighted by atomic mass is 9.83. The first-order chi connectivity index (χ1) is 14.5. The number of piperidine rings is 1. The van der Waals surface area contributed by atoms with Gasteiger partial charge in [-0.25, -0.2) is 4.39 Å². The van der Waals surface area contributed by atoms with Crippen molar-refractivity contribution in [2.75, 3.05) is 33.2 Å². The Kier molecular flexibility index (Phi) is 6.13. The Morgan fingerprint density at radius 2 is 1.67 bits per heavy atom. The topological polar surface area (TPSA) is 43.9 Å². The highest BCUT2D eigenvalue weighted by atomic mass is 19.1. The number of rotatable bonds is 4. The lowest BCUT2D eigenvalue weighted by Crippen LogP contribution is -2.53. The summed E-state index contributed by atoms with van der Waals surface area (Å²) < 4.78 is 13.4. The van der Waals surface area contributed by atoms with Crippen LogP contribution in [0.3, 0.4) is 0 Å². The number of hydrogen-bond acceptors (Lipinski definition) is 3. The van der Waals surface area contributed by atoms with Gasteiger partial charge in [-0.3, -0.25) is 14.5 Å². The van der Waals surface area contributed by atoms with Crippen molar-refractivity contribution in [3.8, 4) is 0 Å². The van der Waals surface area contributed by atoms with Crippen LogP contribution in [-0.2, 0) is 16.1 Å². The van der Waals surface area contributed by atoms with Crippen LogP contribution in [0.25, 0.3) is 0 Å². The summed E-state index contributed by atoms with van der Waals surface area (Å²) in [7, 11) is 1.74. The summed E-state index contributed by atoms with van der Waals surface area (Å²) in [6.45, 7) is 3.94.